The molecule has 0 aliphatic carbocycles. The number of piperidine rings is 1. The van der Waals surface area contributed by atoms with Crippen molar-refractivity contribution in [3.05, 3.63) is 47.8 Å². The second-order valence-corrected chi connectivity index (χ2v) is 6.97. The Morgan fingerprint density at radius 2 is 2.00 bits per heavy atom. The van der Waals surface area contributed by atoms with Crippen LogP contribution >= 0.6 is 0 Å². The maximum atomic E-state index is 12.5. The molecule has 1 aliphatic rings. The highest BCUT2D eigenvalue weighted by Crippen LogP contribution is 2.17. The molecule has 0 bridgehead atoms. The lowest BCUT2D eigenvalue weighted by Crippen LogP contribution is -2.47. The number of aromatic nitrogens is 3. The summed E-state index contributed by atoms with van der Waals surface area (Å²) in [6.45, 7) is 1.06. The van der Waals surface area contributed by atoms with E-state index < -0.39 is 17.8 Å². The quantitative estimate of drug-likeness (QED) is 0.785. The van der Waals surface area contributed by atoms with Crippen molar-refractivity contribution in [2.75, 3.05) is 26.7 Å². The predicted octanol–water partition coefficient (Wildman–Crippen LogP) is 0.722. The van der Waals surface area contributed by atoms with Crippen molar-refractivity contribution >= 4 is 17.8 Å². The van der Waals surface area contributed by atoms with E-state index in [-0.39, 0.29) is 24.7 Å². The molecule has 0 spiro atoms. The zero-order valence-electron chi connectivity index (χ0n) is 15.7. The molecule has 1 aliphatic heterocycles. The lowest BCUT2D eigenvalue weighted by atomic mass is 9.98. The highest BCUT2D eigenvalue weighted by atomic mass is 16.4. The van der Waals surface area contributed by atoms with Crippen LogP contribution in [0.4, 0.5) is 0 Å². The minimum absolute atomic E-state index is 0.128. The Labute approximate surface area is 162 Å². The number of carbonyl (C=O) groups is 3. The van der Waals surface area contributed by atoms with Gasteiger partial charge in [-0.2, -0.15) is 0 Å². The van der Waals surface area contributed by atoms with Crippen LogP contribution in [0.1, 0.15) is 28.9 Å². The van der Waals surface area contributed by atoms with Crippen molar-refractivity contribution in [2.24, 2.45) is 5.92 Å². The van der Waals surface area contributed by atoms with E-state index in [2.05, 4.69) is 10.3 Å². The van der Waals surface area contributed by atoms with Crippen LogP contribution in [-0.2, 0) is 16.1 Å². The molecule has 1 unspecified atom stereocenters. The minimum atomic E-state index is -0.892. The second kappa shape index (κ2) is 8.64. The SMILES string of the molecule is CN(CC(=O)N1CCCC(C(=O)O)C1)C(=O)c1cn(Cc2ccccc2)nn1. The topological polar surface area (TPSA) is 109 Å². The van der Waals surface area contributed by atoms with E-state index in [9.17, 15) is 14.4 Å². The first-order valence-corrected chi connectivity index (χ1v) is 9.14. The molecular weight excluding hydrogens is 362 g/mol. The number of likely N-dealkylation sites (N-methyl/N-ethyl adjacent to an activating group) is 1. The van der Waals surface area contributed by atoms with Gasteiger partial charge >= 0.3 is 5.97 Å². The van der Waals surface area contributed by atoms with Crippen molar-refractivity contribution in [2.45, 2.75) is 19.4 Å². The Kier molecular flexibility index (Phi) is 6.03. The molecular formula is C19H23N5O4. The number of rotatable bonds is 6. The summed E-state index contributed by atoms with van der Waals surface area (Å²) < 4.78 is 1.57. The lowest BCUT2D eigenvalue weighted by Gasteiger charge is -2.31. The molecule has 1 fully saturated rings. The predicted molar refractivity (Wildman–Crippen MR) is 99.5 cm³/mol. The van der Waals surface area contributed by atoms with Gasteiger partial charge in [0.25, 0.3) is 5.91 Å². The molecule has 1 atom stereocenters. The number of carboxylic acids is 1. The average molecular weight is 385 g/mol. The fourth-order valence-electron chi connectivity index (χ4n) is 3.22. The monoisotopic (exact) mass is 385 g/mol. The van der Waals surface area contributed by atoms with Crippen molar-refractivity contribution in [1.82, 2.24) is 24.8 Å². The van der Waals surface area contributed by atoms with Crippen molar-refractivity contribution in [1.29, 1.82) is 0 Å². The molecule has 148 valence electrons. The van der Waals surface area contributed by atoms with Gasteiger partial charge < -0.3 is 14.9 Å². The summed E-state index contributed by atoms with van der Waals surface area (Å²) in [4.78, 5) is 38.9. The van der Waals surface area contributed by atoms with Crippen molar-refractivity contribution in [3.63, 3.8) is 0 Å². The Hall–Kier alpha value is -3.23. The summed E-state index contributed by atoms with van der Waals surface area (Å²) in [6.07, 6.45) is 2.77. The van der Waals surface area contributed by atoms with Crippen molar-refractivity contribution < 1.29 is 19.5 Å². The molecule has 1 aromatic heterocycles. The van der Waals surface area contributed by atoms with Crippen LogP contribution < -0.4 is 0 Å². The Morgan fingerprint density at radius 1 is 1.25 bits per heavy atom. The van der Waals surface area contributed by atoms with Crippen LogP contribution in [0.25, 0.3) is 0 Å². The highest BCUT2D eigenvalue weighted by Gasteiger charge is 2.29. The number of carboxylic acid groups (broad SMARTS) is 1. The number of amides is 2. The van der Waals surface area contributed by atoms with Crippen LogP contribution in [0.5, 0.6) is 0 Å². The molecule has 28 heavy (non-hydrogen) atoms. The second-order valence-electron chi connectivity index (χ2n) is 6.97. The van der Waals surface area contributed by atoms with Gasteiger partial charge in [-0.05, 0) is 18.4 Å². The molecule has 2 heterocycles. The van der Waals surface area contributed by atoms with Gasteiger partial charge in [0.2, 0.25) is 5.91 Å². The molecule has 0 saturated carbocycles. The number of hydrogen-bond acceptors (Lipinski definition) is 5. The fourth-order valence-corrected chi connectivity index (χ4v) is 3.22. The van der Waals surface area contributed by atoms with Crippen LogP contribution in [0, 0.1) is 5.92 Å². The van der Waals surface area contributed by atoms with Gasteiger partial charge in [-0.15, -0.1) is 5.10 Å². The van der Waals surface area contributed by atoms with Gasteiger partial charge in [0.1, 0.15) is 0 Å². The largest absolute Gasteiger partial charge is 0.481 e. The molecule has 3 rings (SSSR count). The smallest absolute Gasteiger partial charge is 0.308 e. The number of hydrogen-bond donors (Lipinski definition) is 1. The molecule has 9 nitrogen and oxygen atoms in total. The van der Waals surface area contributed by atoms with Crippen molar-refractivity contribution in [3.8, 4) is 0 Å². The molecule has 1 saturated heterocycles. The van der Waals surface area contributed by atoms with E-state index >= 15 is 0 Å². The summed E-state index contributed by atoms with van der Waals surface area (Å²) in [5.74, 6) is -2.11. The first-order chi connectivity index (χ1) is 13.4. The van der Waals surface area contributed by atoms with Crippen LogP contribution in [0.3, 0.4) is 0 Å². The molecule has 2 amide bonds. The Morgan fingerprint density at radius 3 is 2.71 bits per heavy atom. The van der Waals surface area contributed by atoms with E-state index in [4.69, 9.17) is 5.11 Å². The number of carbonyl (C=O) groups excluding carboxylic acids is 2. The normalized spacial score (nSPS) is 16.6. The van der Waals surface area contributed by atoms with Gasteiger partial charge in [0.05, 0.1) is 25.2 Å². The van der Waals surface area contributed by atoms with Crippen LogP contribution in [0.2, 0.25) is 0 Å². The Bertz CT molecular complexity index is 851. The summed E-state index contributed by atoms with van der Waals surface area (Å²) in [7, 11) is 1.52. The maximum Gasteiger partial charge on any atom is 0.308 e. The minimum Gasteiger partial charge on any atom is -0.481 e. The average Bonchev–Trinajstić information content (AvgIpc) is 3.16. The number of likely N-dealkylation sites (tertiary alicyclic amines) is 1. The number of nitrogens with zero attached hydrogens (tertiary/aromatic N) is 5. The third-order valence-corrected chi connectivity index (χ3v) is 4.79. The molecule has 0 radical (unpaired) electrons. The third kappa shape index (κ3) is 4.73. The van der Waals surface area contributed by atoms with Crippen LogP contribution in [-0.4, -0.2) is 74.4 Å². The van der Waals surface area contributed by atoms with Crippen LogP contribution in [0.15, 0.2) is 36.5 Å². The summed E-state index contributed by atoms with van der Waals surface area (Å²) in [5.41, 5.74) is 1.20. The van der Waals surface area contributed by atoms with E-state index in [1.54, 1.807) is 10.9 Å². The van der Waals surface area contributed by atoms with E-state index in [1.165, 1.54) is 16.8 Å². The zero-order valence-corrected chi connectivity index (χ0v) is 15.7. The Balaban J connectivity index is 1.57. The third-order valence-electron chi connectivity index (χ3n) is 4.79. The number of benzene rings is 1. The van der Waals surface area contributed by atoms with Gasteiger partial charge in [-0.1, -0.05) is 35.5 Å². The molecule has 1 N–H and O–H groups in total. The van der Waals surface area contributed by atoms with E-state index in [1.807, 2.05) is 30.3 Å². The van der Waals surface area contributed by atoms with E-state index in [0.717, 1.165) is 5.56 Å². The van der Waals surface area contributed by atoms with Gasteiger partial charge in [0.15, 0.2) is 5.69 Å². The fraction of sp³-hybridized carbons (Fsp3) is 0.421. The highest BCUT2D eigenvalue weighted by molar-refractivity contribution is 5.94. The summed E-state index contributed by atoms with van der Waals surface area (Å²) in [5, 5.41) is 17.0. The molecule has 9 heteroatoms. The van der Waals surface area contributed by atoms with E-state index in [0.29, 0.717) is 25.9 Å². The summed E-state index contributed by atoms with van der Waals surface area (Å²) in [6, 6.07) is 9.68. The maximum absolute atomic E-state index is 12.5. The first kappa shape index (κ1) is 19.5. The molecule has 1 aromatic carbocycles. The first-order valence-electron chi connectivity index (χ1n) is 9.14. The summed E-state index contributed by atoms with van der Waals surface area (Å²) >= 11 is 0. The molecule has 2 aromatic rings. The van der Waals surface area contributed by atoms with Gasteiger partial charge in [-0.3, -0.25) is 14.4 Å². The number of aliphatic carboxylic acids is 1. The van der Waals surface area contributed by atoms with Gasteiger partial charge in [0, 0.05) is 20.1 Å². The standard InChI is InChI=1S/C19H23N5O4/c1-22(13-17(25)23-9-5-8-15(11-23)19(27)28)18(26)16-12-24(21-20-16)10-14-6-3-2-4-7-14/h2-4,6-7,12,15H,5,8-11,13H2,1H3,(H,27,28). The zero-order chi connectivity index (χ0) is 20.1. The van der Waals surface area contributed by atoms with Gasteiger partial charge in [-0.25, -0.2) is 4.68 Å². The lowest BCUT2D eigenvalue weighted by molar-refractivity contribution is -0.145.